The van der Waals surface area contributed by atoms with E-state index >= 15 is 0 Å². The van der Waals surface area contributed by atoms with Gasteiger partial charge in [0.1, 0.15) is 5.82 Å². The van der Waals surface area contributed by atoms with Gasteiger partial charge < -0.3 is 10.2 Å². The third kappa shape index (κ3) is 5.00. The van der Waals surface area contributed by atoms with Gasteiger partial charge in [-0.15, -0.1) is 11.3 Å². The number of sulfonamides is 1. The molecule has 0 bridgehead atoms. The standard InChI is InChI=1S/C21H25FN4O4S2/c22-17-3-5-18(6-4-17)32(29,30)26-10-1-2-16(14-26)20(28)25-11-7-15(8-12-25)19(27)24-21-23-9-13-31-21/h3-6,9,13,15-16H,1-2,7-8,10-12,14H2,(H,23,24,27). The van der Waals surface area contributed by atoms with Crippen LogP contribution in [0.2, 0.25) is 0 Å². The van der Waals surface area contributed by atoms with E-state index in [1.54, 1.807) is 16.5 Å². The van der Waals surface area contributed by atoms with Gasteiger partial charge in [-0.1, -0.05) is 0 Å². The average molecular weight is 481 g/mol. The molecular formula is C21H25FN4O4S2. The van der Waals surface area contributed by atoms with E-state index in [2.05, 4.69) is 10.3 Å². The molecule has 172 valence electrons. The summed E-state index contributed by atoms with van der Waals surface area (Å²) in [5.41, 5.74) is 0. The van der Waals surface area contributed by atoms with Crippen LogP contribution in [0, 0.1) is 17.7 Å². The third-order valence-electron chi connectivity index (χ3n) is 6.02. The summed E-state index contributed by atoms with van der Waals surface area (Å²) in [5, 5.41) is 5.17. The lowest BCUT2D eigenvalue weighted by molar-refractivity contribution is -0.139. The predicted octanol–water partition coefficient (Wildman–Crippen LogP) is 2.56. The summed E-state index contributed by atoms with van der Waals surface area (Å²) in [5.74, 6) is -1.24. The van der Waals surface area contributed by atoms with Crippen LogP contribution in [0.5, 0.6) is 0 Å². The van der Waals surface area contributed by atoms with Gasteiger partial charge in [0, 0.05) is 43.7 Å². The molecule has 0 spiro atoms. The number of hydrogen-bond acceptors (Lipinski definition) is 6. The molecule has 2 aliphatic rings. The van der Waals surface area contributed by atoms with Gasteiger partial charge in [-0.3, -0.25) is 9.59 Å². The maximum absolute atomic E-state index is 13.2. The summed E-state index contributed by atoms with van der Waals surface area (Å²) in [7, 11) is -3.78. The Morgan fingerprint density at radius 1 is 1.06 bits per heavy atom. The zero-order chi connectivity index (χ0) is 22.7. The van der Waals surface area contributed by atoms with Crippen LogP contribution in [0.25, 0.3) is 0 Å². The summed E-state index contributed by atoms with van der Waals surface area (Å²) >= 11 is 1.36. The van der Waals surface area contributed by atoms with Gasteiger partial charge in [-0.05, 0) is 49.9 Å². The van der Waals surface area contributed by atoms with Gasteiger partial charge in [0.15, 0.2) is 5.13 Å². The Kier molecular flexibility index (Phi) is 6.87. The Balaban J connectivity index is 1.33. The van der Waals surface area contributed by atoms with E-state index in [0.29, 0.717) is 50.4 Å². The van der Waals surface area contributed by atoms with Crippen LogP contribution < -0.4 is 5.32 Å². The van der Waals surface area contributed by atoms with Crippen molar-refractivity contribution in [2.24, 2.45) is 11.8 Å². The van der Waals surface area contributed by atoms with Crippen molar-refractivity contribution in [1.29, 1.82) is 0 Å². The highest BCUT2D eigenvalue weighted by Gasteiger charge is 2.36. The minimum Gasteiger partial charge on any atom is -0.342 e. The van der Waals surface area contributed by atoms with Gasteiger partial charge >= 0.3 is 0 Å². The number of amides is 2. The minimum absolute atomic E-state index is 0.0269. The van der Waals surface area contributed by atoms with Crippen molar-refractivity contribution in [3.63, 3.8) is 0 Å². The number of halogens is 1. The maximum Gasteiger partial charge on any atom is 0.243 e. The predicted molar refractivity (Wildman–Crippen MR) is 118 cm³/mol. The molecule has 2 saturated heterocycles. The van der Waals surface area contributed by atoms with Crippen LogP contribution in [-0.4, -0.2) is 60.6 Å². The van der Waals surface area contributed by atoms with E-state index in [4.69, 9.17) is 0 Å². The van der Waals surface area contributed by atoms with E-state index in [0.717, 1.165) is 12.1 Å². The number of anilines is 1. The Labute approximate surface area is 190 Å². The lowest BCUT2D eigenvalue weighted by Gasteiger charge is -2.37. The number of hydrogen-bond donors (Lipinski definition) is 1. The molecule has 8 nitrogen and oxygen atoms in total. The average Bonchev–Trinajstić information content (AvgIpc) is 3.32. The first-order chi connectivity index (χ1) is 15.3. The largest absolute Gasteiger partial charge is 0.342 e. The fourth-order valence-corrected chi connectivity index (χ4v) is 6.29. The Bertz CT molecular complexity index is 1050. The molecule has 0 aliphatic carbocycles. The SMILES string of the molecule is O=C(Nc1nccs1)C1CCN(C(=O)C2CCCN(S(=O)(=O)c3ccc(F)cc3)C2)CC1. The first kappa shape index (κ1) is 22.8. The van der Waals surface area contributed by atoms with E-state index < -0.39 is 21.8 Å². The van der Waals surface area contributed by atoms with Crippen molar-refractivity contribution in [2.75, 3.05) is 31.5 Å². The fourth-order valence-electron chi connectivity index (χ4n) is 4.23. The normalized spacial score (nSPS) is 20.8. The van der Waals surface area contributed by atoms with Crippen LogP contribution in [0.3, 0.4) is 0 Å². The number of piperidine rings is 2. The molecule has 2 fully saturated rings. The summed E-state index contributed by atoms with van der Waals surface area (Å²) in [4.78, 5) is 31.3. The lowest BCUT2D eigenvalue weighted by Crippen LogP contribution is -2.49. The van der Waals surface area contributed by atoms with Crippen molar-refractivity contribution in [2.45, 2.75) is 30.6 Å². The minimum atomic E-state index is -3.78. The van der Waals surface area contributed by atoms with Crippen molar-refractivity contribution in [3.8, 4) is 0 Å². The van der Waals surface area contributed by atoms with Gasteiger partial charge in [-0.25, -0.2) is 17.8 Å². The van der Waals surface area contributed by atoms with E-state index in [1.807, 2.05) is 0 Å². The molecule has 11 heteroatoms. The molecule has 0 radical (unpaired) electrons. The number of aromatic nitrogens is 1. The molecule has 2 aliphatic heterocycles. The molecule has 1 aromatic heterocycles. The number of carbonyl (C=O) groups is 2. The molecule has 1 atom stereocenters. The van der Waals surface area contributed by atoms with Gasteiger partial charge in [-0.2, -0.15) is 4.31 Å². The number of thiazole rings is 1. The van der Waals surface area contributed by atoms with Crippen molar-refractivity contribution in [1.82, 2.24) is 14.2 Å². The molecule has 32 heavy (non-hydrogen) atoms. The molecule has 3 heterocycles. The van der Waals surface area contributed by atoms with Gasteiger partial charge in [0.25, 0.3) is 0 Å². The molecule has 4 rings (SSSR count). The van der Waals surface area contributed by atoms with Crippen LogP contribution in [0.15, 0.2) is 40.7 Å². The molecule has 1 aromatic carbocycles. The molecule has 0 saturated carbocycles. The van der Waals surface area contributed by atoms with Crippen LogP contribution >= 0.6 is 11.3 Å². The second kappa shape index (κ2) is 9.63. The molecule has 1 N–H and O–H groups in total. The van der Waals surface area contributed by atoms with Crippen molar-refractivity contribution >= 4 is 38.3 Å². The molecule has 2 amide bonds. The number of likely N-dealkylation sites (tertiary alicyclic amines) is 1. The number of nitrogens with one attached hydrogen (secondary N) is 1. The second-order valence-electron chi connectivity index (χ2n) is 8.08. The quantitative estimate of drug-likeness (QED) is 0.709. The number of carbonyl (C=O) groups excluding carboxylic acids is 2. The summed E-state index contributed by atoms with van der Waals surface area (Å²) in [6.45, 7) is 1.39. The Hall–Kier alpha value is -2.37. The molecular weight excluding hydrogens is 455 g/mol. The Morgan fingerprint density at radius 2 is 1.78 bits per heavy atom. The fraction of sp³-hybridized carbons (Fsp3) is 0.476. The Morgan fingerprint density at radius 3 is 2.44 bits per heavy atom. The smallest absolute Gasteiger partial charge is 0.243 e. The highest BCUT2D eigenvalue weighted by molar-refractivity contribution is 7.89. The van der Waals surface area contributed by atoms with Gasteiger partial charge in [0.05, 0.1) is 10.8 Å². The summed E-state index contributed by atoms with van der Waals surface area (Å²) in [6.07, 6.45) is 3.97. The molecule has 2 aromatic rings. The van der Waals surface area contributed by atoms with Crippen LogP contribution in [0.4, 0.5) is 9.52 Å². The third-order valence-corrected chi connectivity index (χ3v) is 8.59. The summed E-state index contributed by atoms with van der Waals surface area (Å²) < 4.78 is 40.3. The number of nitrogens with zero attached hydrogens (tertiary/aromatic N) is 3. The highest BCUT2D eigenvalue weighted by Crippen LogP contribution is 2.27. The van der Waals surface area contributed by atoms with Crippen LogP contribution in [0.1, 0.15) is 25.7 Å². The zero-order valence-electron chi connectivity index (χ0n) is 17.4. The monoisotopic (exact) mass is 480 g/mol. The van der Waals surface area contributed by atoms with Gasteiger partial charge in [0.2, 0.25) is 21.8 Å². The first-order valence-corrected chi connectivity index (χ1v) is 12.9. The van der Waals surface area contributed by atoms with E-state index in [-0.39, 0.29) is 29.2 Å². The van der Waals surface area contributed by atoms with Crippen molar-refractivity contribution in [3.05, 3.63) is 41.7 Å². The summed E-state index contributed by atoms with van der Waals surface area (Å²) in [6, 6.07) is 4.73. The number of rotatable bonds is 5. The molecule has 1 unspecified atom stereocenters. The van der Waals surface area contributed by atoms with Crippen molar-refractivity contribution < 1.29 is 22.4 Å². The lowest BCUT2D eigenvalue weighted by atomic mass is 9.93. The topological polar surface area (TPSA) is 99.7 Å². The maximum atomic E-state index is 13.2. The van der Waals surface area contributed by atoms with E-state index in [9.17, 15) is 22.4 Å². The number of benzene rings is 1. The van der Waals surface area contributed by atoms with Crippen LogP contribution in [-0.2, 0) is 19.6 Å². The first-order valence-electron chi connectivity index (χ1n) is 10.6. The van der Waals surface area contributed by atoms with E-state index in [1.165, 1.54) is 27.8 Å². The second-order valence-corrected chi connectivity index (χ2v) is 10.9. The zero-order valence-corrected chi connectivity index (χ0v) is 19.1. The highest BCUT2D eigenvalue weighted by atomic mass is 32.2.